The predicted octanol–water partition coefficient (Wildman–Crippen LogP) is 6.32. The summed E-state index contributed by atoms with van der Waals surface area (Å²) in [5, 5.41) is 21.7. The first-order chi connectivity index (χ1) is 15.3. The van der Waals surface area contributed by atoms with E-state index in [2.05, 4.69) is 63.7 Å². The molecule has 166 valence electrons. The molecule has 0 bridgehead atoms. The number of hydrogen-bond acceptors (Lipinski definition) is 3. The molecule has 0 aliphatic rings. The van der Waals surface area contributed by atoms with Crippen LogP contribution in [-0.2, 0) is 13.1 Å². The van der Waals surface area contributed by atoms with Crippen molar-refractivity contribution in [2.24, 2.45) is 0 Å². The van der Waals surface area contributed by atoms with Crippen molar-refractivity contribution in [2.75, 3.05) is 0 Å². The lowest BCUT2D eigenvalue weighted by molar-refractivity contribution is 0.150. The number of nitrogens with zero attached hydrogens (tertiary/aromatic N) is 2. The van der Waals surface area contributed by atoms with Crippen LogP contribution in [0.3, 0.4) is 0 Å². The molecule has 4 rings (SSSR count). The first-order valence-corrected chi connectivity index (χ1v) is 12.9. The van der Waals surface area contributed by atoms with Crippen LogP contribution in [0.4, 0.5) is 0 Å². The van der Waals surface area contributed by atoms with Gasteiger partial charge in [-0.05, 0) is 74.8 Å². The lowest BCUT2D eigenvalue weighted by Crippen LogP contribution is -2.28. The number of fused-ring (bicyclic) bond motifs is 1. The second kappa shape index (κ2) is 9.95. The van der Waals surface area contributed by atoms with Crippen molar-refractivity contribution in [1.29, 1.82) is 0 Å². The van der Waals surface area contributed by atoms with Gasteiger partial charge in [0, 0.05) is 8.95 Å². The van der Waals surface area contributed by atoms with Crippen molar-refractivity contribution < 1.29 is 10.2 Å². The summed E-state index contributed by atoms with van der Waals surface area (Å²) in [6.07, 6.45) is -1.75. The van der Waals surface area contributed by atoms with E-state index in [-0.39, 0.29) is 18.8 Å². The predicted molar refractivity (Wildman–Crippen MR) is 140 cm³/mol. The molecule has 0 radical (unpaired) electrons. The van der Waals surface area contributed by atoms with Crippen molar-refractivity contribution in [3.8, 4) is 0 Å². The van der Waals surface area contributed by atoms with Crippen LogP contribution >= 0.6 is 63.7 Å². The standard InChI is InChI=1S/C23H18Br4N2O3/c24-17-18(25)20(27)22-21(19(17)26)28(11-15(30)13-7-3-1-4-8-13)23(32)29(22)12-16(31)14-9-5-2-6-10-14/h1-10,15-16,30-31H,11-12H2. The molecule has 0 saturated carbocycles. The van der Waals surface area contributed by atoms with E-state index in [9.17, 15) is 15.0 Å². The Morgan fingerprint density at radius 2 is 0.969 bits per heavy atom. The van der Waals surface area contributed by atoms with Crippen LogP contribution in [-0.4, -0.2) is 19.3 Å². The minimum absolute atomic E-state index is 0.0624. The van der Waals surface area contributed by atoms with Gasteiger partial charge in [0.05, 0.1) is 45.3 Å². The van der Waals surface area contributed by atoms with E-state index in [1.165, 1.54) is 9.13 Å². The van der Waals surface area contributed by atoms with Gasteiger partial charge in [0.15, 0.2) is 0 Å². The Morgan fingerprint density at radius 3 is 1.31 bits per heavy atom. The summed E-state index contributed by atoms with van der Waals surface area (Å²) in [7, 11) is 0. The van der Waals surface area contributed by atoms with Crippen molar-refractivity contribution in [3.63, 3.8) is 0 Å². The zero-order valence-corrected chi connectivity index (χ0v) is 22.9. The fourth-order valence-corrected chi connectivity index (χ4v) is 6.19. The molecule has 0 aliphatic carbocycles. The Hall–Kier alpha value is -1.23. The molecule has 0 fully saturated rings. The highest BCUT2D eigenvalue weighted by atomic mass is 79.9. The molecule has 2 atom stereocenters. The number of aliphatic hydroxyl groups excluding tert-OH is 2. The monoisotopic (exact) mass is 686 g/mol. The van der Waals surface area contributed by atoms with Crippen molar-refractivity contribution in [3.05, 3.63) is 100 Å². The SMILES string of the molecule is O=c1n(CC(O)c2ccccc2)c2c(Br)c(Br)c(Br)c(Br)c2n1CC(O)c1ccccc1. The zero-order chi connectivity index (χ0) is 23.0. The lowest BCUT2D eigenvalue weighted by Gasteiger charge is -2.14. The largest absolute Gasteiger partial charge is 0.387 e. The van der Waals surface area contributed by atoms with Gasteiger partial charge >= 0.3 is 5.69 Å². The molecule has 1 heterocycles. The van der Waals surface area contributed by atoms with E-state index < -0.39 is 12.2 Å². The van der Waals surface area contributed by atoms with Gasteiger partial charge in [0.1, 0.15) is 0 Å². The smallest absolute Gasteiger partial charge is 0.329 e. The minimum Gasteiger partial charge on any atom is -0.387 e. The molecular weight excluding hydrogens is 672 g/mol. The van der Waals surface area contributed by atoms with Gasteiger partial charge in [-0.3, -0.25) is 9.13 Å². The molecule has 2 N–H and O–H groups in total. The fourth-order valence-electron chi connectivity index (χ4n) is 3.68. The van der Waals surface area contributed by atoms with Gasteiger partial charge in [-0.1, -0.05) is 60.7 Å². The average molecular weight is 690 g/mol. The summed E-state index contributed by atoms with van der Waals surface area (Å²) in [5.74, 6) is 0. The minimum atomic E-state index is -0.875. The van der Waals surface area contributed by atoms with E-state index in [4.69, 9.17) is 0 Å². The highest BCUT2D eigenvalue weighted by molar-refractivity contribution is 9.15. The fraction of sp³-hybridized carbons (Fsp3) is 0.174. The molecule has 3 aromatic carbocycles. The Morgan fingerprint density at radius 1 is 0.625 bits per heavy atom. The average Bonchev–Trinajstić information content (AvgIpc) is 3.08. The molecule has 0 aliphatic heterocycles. The molecule has 4 aromatic rings. The number of benzene rings is 3. The van der Waals surface area contributed by atoms with Crippen LogP contribution in [0, 0.1) is 0 Å². The third kappa shape index (κ3) is 4.43. The molecule has 32 heavy (non-hydrogen) atoms. The van der Waals surface area contributed by atoms with Gasteiger partial charge in [0.2, 0.25) is 0 Å². The maximum Gasteiger partial charge on any atom is 0.329 e. The van der Waals surface area contributed by atoms with Crippen LogP contribution in [0.5, 0.6) is 0 Å². The quantitative estimate of drug-likeness (QED) is 0.184. The van der Waals surface area contributed by atoms with Gasteiger partial charge < -0.3 is 10.2 Å². The third-order valence-corrected chi connectivity index (χ3v) is 10.0. The van der Waals surface area contributed by atoms with Crippen molar-refractivity contribution >= 4 is 74.8 Å². The first kappa shape index (κ1) is 23.9. The van der Waals surface area contributed by atoms with E-state index in [1.54, 1.807) is 0 Å². The van der Waals surface area contributed by atoms with Crippen LogP contribution in [0.25, 0.3) is 11.0 Å². The van der Waals surface area contributed by atoms with E-state index in [1.807, 2.05) is 60.7 Å². The van der Waals surface area contributed by atoms with Crippen LogP contribution in [0.15, 0.2) is 83.3 Å². The number of rotatable bonds is 6. The van der Waals surface area contributed by atoms with E-state index in [0.717, 1.165) is 20.1 Å². The van der Waals surface area contributed by atoms with Crippen LogP contribution in [0.1, 0.15) is 23.3 Å². The second-order valence-electron chi connectivity index (χ2n) is 7.31. The van der Waals surface area contributed by atoms with Crippen LogP contribution in [0.2, 0.25) is 0 Å². The molecular formula is C23H18Br4N2O3. The topological polar surface area (TPSA) is 67.4 Å². The molecule has 9 heteroatoms. The molecule has 2 unspecified atom stereocenters. The summed E-state index contributed by atoms with van der Waals surface area (Å²) in [5.41, 5.74) is 2.35. The summed E-state index contributed by atoms with van der Waals surface area (Å²) in [6, 6.07) is 18.4. The highest BCUT2D eigenvalue weighted by Crippen LogP contribution is 2.43. The highest BCUT2D eigenvalue weighted by Gasteiger charge is 2.26. The zero-order valence-electron chi connectivity index (χ0n) is 16.6. The Balaban J connectivity index is 1.88. The van der Waals surface area contributed by atoms with Gasteiger partial charge in [-0.15, -0.1) is 0 Å². The maximum absolute atomic E-state index is 13.6. The second-order valence-corrected chi connectivity index (χ2v) is 10.5. The number of hydrogen-bond donors (Lipinski definition) is 2. The molecule has 5 nitrogen and oxygen atoms in total. The van der Waals surface area contributed by atoms with E-state index in [0.29, 0.717) is 20.0 Å². The van der Waals surface area contributed by atoms with Crippen molar-refractivity contribution in [1.82, 2.24) is 9.13 Å². The summed E-state index contributed by atoms with van der Waals surface area (Å²) in [6.45, 7) is 0.125. The molecule has 0 saturated heterocycles. The number of aromatic nitrogens is 2. The molecule has 0 spiro atoms. The Kier molecular flexibility index (Phi) is 7.43. The number of aliphatic hydroxyl groups is 2. The summed E-state index contributed by atoms with van der Waals surface area (Å²) < 4.78 is 5.90. The third-order valence-electron chi connectivity index (χ3n) is 5.30. The Bertz CT molecular complexity index is 1220. The van der Waals surface area contributed by atoms with Gasteiger partial charge in [-0.25, -0.2) is 4.79 Å². The number of imidazole rings is 1. The molecule has 1 aromatic heterocycles. The van der Waals surface area contributed by atoms with Gasteiger partial charge in [-0.2, -0.15) is 0 Å². The Labute approximate surface area is 218 Å². The number of halogens is 4. The first-order valence-electron chi connectivity index (χ1n) is 9.72. The van der Waals surface area contributed by atoms with Crippen LogP contribution < -0.4 is 5.69 Å². The van der Waals surface area contributed by atoms with Gasteiger partial charge in [0.25, 0.3) is 0 Å². The molecule has 0 amide bonds. The lowest BCUT2D eigenvalue weighted by atomic mass is 10.1. The van der Waals surface area contributed by atoms with Crippen molar-refractivity contribution in [2.45, 2.75) is 25.3 Å². The maximum atomic E-state index is 13.6. The summed E-state index contributed by atoms with van der Waals surface area (Å²) in [4.78, 5) is 13.6. The summed E-state index contributed by atoms with van der Waals surface area (Å²) >= 11 is 14.3. The normalized spacial score (nSPS) is 13.4. The van der Waals surface area contributed by atoms with E-state index >= 15 is 0 Å².